The normalized spacial score (nSPS) is 12.0. The van der Waals surface area contributed by atoms with Crippen LogP contribution in [0.2, 0.25) is 0 Å². The topological polar surface area (TPSA) is 3.24 Å². The van der Waals surface area contributed by atoms with Gasteiger partial charge in [-0.05, 0) is 75.5 Å². The van der Waals surface area contributed by atoms with E-state index >= 15 is 0 Å². The molecule has 0 aliphatic heterocycles. The molecule has 0 spiro atoms. The second-order valence-electron chi connectivity index (χ2n) is 11.7. The molecule has 0 amide bonds. The molecule has 45 heavy (non-hydrogen) atoms. The summed E-state index contributed by atoms with van der Waals surface area (Å²) in [4.78, 5) is 2.43. The highest BCUT2D eigenvalue weighted by Gasteiger charge is 2.20. The largest absolute Gasteiger partial charge is 0.310 e. The lowest BCUT2D eigenvalue weighted by Gasteiger charge is -2.27. The molecule has 0 fully saturated rings. The second kappa shape index (κ2) is 9.64. The fraction of sp³-hybridized carbons (Fsp3) is 0. The molecule has 0 saturated carbocycles. The van der Waals surface area contributed by atoms with E-state index in [1.54, 1.807) is 0 Å². The van der Waals surface area contributed by atoms with Gasteiger partial charge in [-0.25, -0.2) is 0 Å². The highest BCUT2D eigenvalue weighted by molar-refractivity contribution is 7.27. The molecule has 0 aliphatic carbocycles. The summed E-state index contributed by atoms with van der Waals surface area (Å²) in [6.07, 6.45) is 0. The van der Waals surface area contributed by atoms with Crippen molar-refractivity contribution in [3.05, 3.63) is 152 Å². The van der Waals surface area contributed by atoms with Crippen molar-refractivity contribution in [2.45, 2.75) is 0 Å². The number of hydrogen-bond acceptors (Lipinski definition) is 3. The van der Waals surface area contributed by atoms with Gasteiger partial charge in [0.1, 0.15) is 0 Å². The fourth-order valence-electron chi connectivity index (χ4n) is 7.30. The molecule has 210 valence electrons. The van der Waals surface area contributed by atoms with Gasteiger partial charge in [-0.2, -0.15) is 0 Å². The van der Waals surface area contributed by atoms with Crippen molar-refractivity contribution >= 4 is 112 Å². The van der Waals surface area contributed by atoms with E-state index in [0.717, 1.165) is 11.4 Å². The third-order valence-electron chi connectivity index (χ3n) is 9.20. The molecular weight excluding hydrogens is 583 g/mol. The fourth-order valence-corrected chi connectivity index (χ4v) is 9.68. The molecule has 3 heteroatoms. The summed E-state index contributed by atoms with van der Waals surface area (Å²) < 4.78 is 5.34. The Kier molecular flexibility index (Phi) is 5.39. The van der Waals surface area contributed by atoms with Crippen LogP contribution < -0.4 is 4.90 Å². The Morgan fingerprint density at radius 2 is 0.978 bits per heavy atom. The third kappa shape index (κ3) is 3.66. The van der Waals surface area contributed by atoms with Gasteiger partial charge in [-0.1, -0.05) is 103 Å². The van der Waals surface area contributed by atoms with Crippen molar-refractivity contribution in [3.8, 4) is 0 Å². The monoisotopic (exact) mass is 607 g/mol. The Bertz CT molecular complexity index is 2770. The average Bonchev–Trinajstić information content (AvgIpc) is 3.68. The Hall–Kier alpha value is -5.22. The van der Waals surface area contributed by atoms with Crippen LogP contribution in [0.5, 0.6) is 0 Å². The quantitative estimate of drug-likeness (QED) is 0.181. The predicted octanol–water partition coefficient (Wildman–Crippen LogP) is 13.4. The van der Waals surface area contributed by atoms with Crippen LogP contribution in [0.3, 0.4) is 0 Å². The molecule has 2 aromatic heterocycles. The zero-order valence-electron chi connectivity index (χ0n) is 24.2. The number of nitrogens with zero attached hydrogens (tertiary/aromatic N) is 1. The van der Waals surface area contributed by atoms with E-state index in [9.17, 15) is 0 Å². The van der Waals surface area contributed by atoms with E-state index in [0.29, 0.717) is 0 Å². The van der Waals surface area contributed by atoms with Crippen molar-refractivity contribution in [3.63, 3.8) is 0 Å². The summed E-state index contributed by atoms with van der Waals surface area (Å²) in [5.41, 5.74) is 3.51. The van der Waals surface area contributed by atoms with Gasteiger partial charge < -0.3 is 4.90 Å². The first-order chi connectivity index (χ1) is 22.3. The minimum atomic E-state index is 1.15. The van der Waals surface area contributed by atoms with Crippen LogP contribution >= 0.6 is 22.7 Å². The minimum Gasteiger partial charge on any atom is -0.310 e. The number of anilines is 3. The van der Waals surface area contributed by atoms with E-state index in [-0.39, 0.29) is 0 Å². The van der Waals surface area contributed by atoms with Crippen LogP contribution in [-0.4, -0.2) is 0 Å². The van der Waals surface area contributed by atoms with Gasteiger partial charge in [0.05, 0.1) is 5.69 Å². The van der Waals surface area contributed by atoms with Gasteiger partial charge in [0, 0.05) is 57.1 Å². The van der Waals surface area contributed by atoms with Crippen LogP contribution in [0, 0.1) is 0 Å². The number of thiophene rings is 2. The van der Waals surface area contributed by atoms with Gasteiger partial charge >= 0.3 is 0 Å². The number of benzene rings is 8. The lowest BCUT2D eigenvalue weighted by Crippen LogP contribution is -2.10. The maximum absolute atomic E-state index is 2.43. The molecule has 0 aliphatic rings. The van der Waals surface area contributed by atoms with Gasteiger partial charge in [-0.15, -0.1) is 22.7 Å². The molecule has 8 aromatic carbocycles. The minimum absolute atomic E-state index is 1.15. The third-order valence-corrected chi connectivity index (χ3v) is 11.5. The van der Waals surface area contributed by atoms with Crippen molar-refractivity contribution < 1.29 is 0 Å². The maximum Gasteiger partial charge on any atom is 0.0554 e. The maximum atomic E-state index is 2.43. The van der Waals surface area contributed by atoms with Crippen LogP contribution in [-0.2, 0) is 0 Å². The Labute approximate surface area is 267 Å². The molecule has 0 radical (unpaired) electrons. The number of para-hydroxylation sites is 1. The summed E-state index contributed by atoms with van der Waals surface area (Å²) >= 11 is 3.78. The highest BCUT2D eigenvalue weighted by Crippen LogP contribution is 2.48. The van der Waals surface area contributed by atoms with Crippen LogP contribution in [0.15, 0.2) is 152 Å². The summed E-state index contributed by atoms with van der Waals surface area (Å²) in [5.74, 6) is 0. The number of fused-ring (bicyclic) bond motifs is 13. The molecule has 1 nitrogen and oxygen atoms in total. The molecule has 0 saturated heterocycles. The first-order valence-electron chi connectivity index (χ1n) is 15.3. The molecule has 10 aromatic rings. The van der Waals surface area contributed by atoms with E-state index < -0.39 is 0 Å². The molecule has 0 bridgehead atoms. The predicted molar refractivity (Wildman–Crippen MR) is 199 cm³/mol. The first-order valence-corrected chi connectivity index (χ1v) is 16.9. The van der Waals surface area contributed by atoms with Crippen molar-refractivity contribution in [2.75, 3.05) is 4.90 Å². The number of hydrogen-bond donors (Lipinski definition) is 0. The lowest BCUT2D eigenvalue weighted by molar-refractivity contribution is 1.31. The Balaban J connectivity index is 1.27. The molecular formula is C42H25NS2. The van der Waals surface area contributed by atoms with E-state index in [2.05, 4.69) is 157 Å². The summed E-state index contributed by atoms with van der Waals surface area (Å²) in [5, 5.41) is 13.2. The second-order valence-corrected chi connectivity index (χ2v) is 13.8. The molecule has 0 atom stereocenters. The van der Waals surface area contributed by atoms with E-state index in [4.69, 9.17) is 0 Å². The first kappa shape index (κ1) is 25.1. The van der Waals surface area contributed by atoms with Crippen LogP contribution in [0.4, 0.5) is 17.1 Å². The standard InChI is InChI=1S/C42H25NS2/c1-2-11-27(12-3-1)43(35-17-10-20-38-41(35)33-16-7-8-18-36(33)44-38)28-22-24-29-26(25-28)21-23-34-39(29)30-13-4-5-14-31(30)40-32-15-6-9-19-37(32)45-42(34)40/h1-25H. The van der Waals surface area contributed by atoms with Crippen molar-refractivity contribution in [1.29, 1.82) is 0 Å². The van der Waals surface area contributed by atoms with Crippen LogP contribution in [0.1, 0.15) is 0 Å². The summed E-state index contributed by atoms with van der Waals surface area (Å²) in [7, 11) is 0. The molecule has 0 N–H and O–H groups in total. The molecule has 2 heterocycles. The highest BCUT2D eigenvalue weighted by atomic mass is 32.1. The van der Waals surface area contributed by atoms with Gasteiger partial charge in [0.25, 0.3) is 0 Å². The average molecular weight is 608 g/mol. The lowest BCUT2D eigenvalue weighted by atomic mass is 9.93. The van der Waals surface area contributed by atoms with Crippen molar-refractivity contribution in [1.82, 2.24) is 0 Å². The zero-order valence-corrected chi connectivity index (χ0v) is 25.8. The van der Waals surface area contributed by atoms with Gasteiger partial charge in [0.15, 0.2) is 0 Å². The summed E-state index contributed by atoms with van der Waals surface area (Å²) in [6, 6.07) is 55.8. The van der Waals surface area contributed by atoms with Gasteiger partial charge in [0.2, 0.25) is 0 Å². The Morgan fingerprint density at radius 1 is 0.356 bits per heavy atom. The van der Waals surface area contributed by atoms with Crippen LogP contribution in [0.25, 0.3) is 72.7 Å². The number of rotatable bonds is 3. The smallest absolute Gasteiger partial charge is 0.0554 e. The summed E-state index contributed by atoms with van der Waals surface area (Å²) in [6.45, 7) is 0. The molecule has 10 rings (SSSR count). The van der Waals surface area contributed by atoms with E-state index in [1.807, 2.05) is 22.7 Å². The molecule has 0 unspecified atom stereocenters. The zero-order chi connectivity index (χ0) is 29.5. The van der Waals surface area contributed by atoms with Crippen molar-refractivity contribution in [2.24, 2.45) is 0 Å². The van der Waals surface area contributed by atoms with Gasteiger partial charge in [-0.3, -0.25) is 0 Å². The van der Waals surface area contributed by atoms with E-state index in [1.165, 1.54) is 78.3 Å². The SMILES string of the molecule is c1ccc(N(c2ccc3c(ccc4c5sc6ccccc6c5c5ccccc5c34)c2)c2cccc3sc4ccccc4c23)cc1. The Morgan fingerprint density at radius 3 is 1.78 bits per heavy atom.